The van der Waals surface area contributed by atoms with Crippen molar-refractivity contribution in [1.29, 1.82) is 0 Å². The molecule has 1 fully saturated rings. The fraction of sp³-hybridized carbons (Fsp3) is 0.250. The molecule has 8 nitrogen and oxygen atoms in total. The maximum atomic E-state index is 12.5. The molecular weight excluding hydrogens is 398 g/mol. The predicted octanol–water partition coefficient (Wildman–Crippen LogP) is 2.17. The van der Waals surface area contributed by atoms with E-state index < -0.39 is 17.7 Å². The fourth-order valence-electron chi connectivity index (χ4n) is 2.99. The fourth-order valence-corrected chi connectivity index (χ4v) is 3.16. The van der Waals surface area contributed by atoms with Gasteiger partial charge >= 0.3 is 11.8 Å². The molecule has 3 amide bonds. The Morgan fingerprint density at radius 1 is 1.07 bits per heavy atom. The third-order valence-electron chi connectivity index (χ3n) is 4.44. The summed E-state index contributed by atoms with van der Waals surface area (Å²) in [4.78, 5) is 40.0. The highest BCUT2D eigenvalue weighted by atomic mass is 35.5. The number of nitrogens with one attached hydrogen (secondary N) is 1. The van der Waals surface area contributed by atoms with Crippen molar-refractivity contribution in [2.75, 3.05) is 44.1 Å². The molecule has 1 N–H and O–H groups in total. The van der Waals surface area contributed by atoms with Crippen LogP contribution in [0.5, 0.6) is 11.5 Å². The zero-order chi connectivity index (χ0) is 21.0. The lowest BCUT2D eigenvalue weighted by molar-refractivity contribution is -0.147. The second kappa shape index (κ2) is 8.83. The molecule has 1 heterocycles. The first kappa shape index (κ1) is 20.5. The van der Waals surface area contributed by atoms with Crippen molar-refractivity contribution in [3.8, 4) is 11.5 Å². The number of anilines is 2. The number of carbonyl (C=O) groups is 3. The van der Waals surface area contributed by atoms with E-state index in [0.717, 1.165) is 0 Å². The largest absolute Gasteiger partial charge is 0.497 e. The molecule has 0 bridgehead atoms. The zero-order valence-electron chi connectivity index (χ0n) is 16.0. The summed E-state index contributed by atoms with van der Waals surface area (Å²) in [5, 5.41) is 3.09. The van der Waals surface area contributed by atoms with E-state index in [1.807, 2.05) is 0 Å². The van der Waals surface area contributed by atoms with E-state index in [1.165, 1.54) is 24.0 Å². The molecule has 2 aromatic rings. The standard InChI is InChI=1S/C20H20ClN3O5/c1-28-15-5-3-4-14(11-15)24-9-8-23(19(26)20(24)27)12-18(25)22-16-10-13(21)6-7-17(16)29-2/h3-7,10-11H,8-9,12H2,1-2H3,(H,22,25). The third-order valence-corrected chi connectivity index (χ3v) is 4.68. The van der Waals surface area contributed by atoms with Crippen LogP contribution in [0.15, 0.2) is 42.5 Å². The summed E-state index contributed by atoms with van der Waals surface area (Å²) in [6.45, 7) is 0.236. The molecule has 0 radical (unpaired) electrons. The van der Waals surface area contributed by atoms with Gasteiger partial charge in [-0.05, 0) is 30.3 Å². The maximum Gasteiger partial charge on any atom is 0.316 e. The number of benzene rings is 2. The van der Waals surface area contributed by atoms with Crippen LogP contribution in [-0.2, 0) is 14.4 Å². The van der Waals surface area contributed by atoms with Crippen LogP contribution in [-0.4, -0.2) is 56.5 Å². The SMILES string of the molecule is COc1cccc(N2CCN(CC(=O)Nc3cc(Cl)ccc3OC)C(=O)C2=O)c1. The molecule has 0 aromatic heterocycles. The van der Waals surface area contributed by atoms with Gasteiger partial charge in [-0.1, -0.05) is 17.7 Å². The highest BCUT2D eigenvalue weighted by molar-refractivity contribution is 6.41. The summed E-state index contributed by atoms with van der Waals surface area (Å²) in [5.41, 5.74) is 0.953. The number of piperazine rings is 1. The predicted molar refractivity (Wildman–Crippen MR) is 109 cm³/mol. The molecule has 0 aliphatic carbocycles. The minimum atomic E-state index is -0.743. The Kier molecular flexibility index (Phi) is 6.23. The van der Waals surface area contributed by atoms with Gasteiger partial charge in [0.1, 0.15) is 18.0 Å². The van der Waals surface area contributed by atoms with Gasteiger partial charge in [0.2, 0.25) is 5.91 Å². The highest BCUT2D eigenvalue weighted by Gasteiger charge is 2.34. The average molecular weight is 418 g/mol. The number of rotatable bonds is 6. The van der Waals surface area contributed by atoms with Crippen LogP contribution < -0.4 is 19.7 Å². The van der Waals surface area contributed by atoms with Gasteiger partial charge in [-0.15, -0.1) is 0 Å². The molecule has 0 atom stereocenters. The molecule has 9 heteroatoms. The molecule has 0 unspecified atom stereocenters. The summed E-state index contributed by atoms with van der Waals surface area (Å²) in [7, 11) is 3.00. The van der Waals surface area contributed by atoms with Crippen LogP contribution in [0.1, 0.15) is 0 Å². The lowest BCUT2D eigenvalue weighted by Crippen LogP contribution is -2.56. The van der Waals surface area contributed by atoms with Gasteiger partial charge in [-0.2, -0.15) is 0 Å². The van der Waals surface area contributed by atoms with Crippen LogP contribution in [0.4, 0.5) is 11.4 Å². The third kappa shape index (κ3) is 4.60. The molecule has 152 valence electrons. The number of methoxy groups -OCH3 is 2. The zero-order valence-corrected chi connectivity index (χ0v) is 16.7. The lowest BCUT2D eigenvalue weighted by atomic mass is 10.2. The van der Waals surface area contributed by atoms with E-state index in [4.69, 9.17) is 21.1 Å². The quantitative estimate of drug-likeness (QED) is 0.728. The van der Waals surface area contributed by atoms with Crippen LogP contribution in [0.2, 0.25) is 5.02 Å². The summed E-state index contributed by atoms with van der Waals surface area (Å²) < 4.78 is 10.3. The Labute approximate surface area is 172 Å². The first-order chi connectivity index (χ1) is 13.9. The van der Waals surface area contributed by atoms with Gasteiger partial charge in [-0.3, -0.25) is 14.4 Å². The van der Waals surface area contributed by atoms with Crippen molar-refractivity contribution >= 4 is 40.7 Å². The van der Waals surface area contributed by atoms with Gasteiger partial charge < -0.3 is 24.6 Å². The Balaban J connectivity index is 1.66. The molecular formula is C20H20ClN3O5. The van der Waals surface area contributed by atoms with Crippen LogP contribution in [0.3, 0.4) is 0 Å². The number of nitrogens with zero attached hydrogens (tertiary/aromatic N) is 2. The van der Waals surface area contributed by atoms with Crippen LogP contribution in [0.25, 0.3) is 0 Å². The number of hydrogen-bond donors (Lipinski definition) is 1. The van der Waals surface area contributed by atoms with E-state index in [0.29, 0.717) is 27.9 Å². The Morgan fingerprint density at radius 3 is 2.59 bits per heavy atom. The van der Waals surface area contributed by atoms with Crippen LogP contribution in [0, 0.1) is 0 Å². The van der Waals surface area contributed by atoms with Gasteiger partial charge in [0, 0.05) is 29.9 Å². The van der Waals surface area contributed by atoms with Crippen molar-refractivity contribution in [2.45, 2.75) is 0 Å². The van der Waals surface area contributed by atoms with E-state index in [9.17, 15) is 14.4 Å². The second-order valence-corrected chi connectivity index (χ2v) is 6.71. The molecule has 1 aliphatic rings. The number of carbonyl (C=O) groups excluding carboxylic acids is 3. The molecule has 29 heavy (non-hydrogen) atoms. The second-order valence-electron chi connectivity index (χ2n) is 6.28. The summed E-state index contributed by atoms with van der Waals surface area (Å²) in [6, 6.07) is 11.7. The molecule has 0 spiro atoms. The number of amides is 3. The molecule has 3 rings (SSSR count). The number of ether oxygens (including phenoxy) is 2. The molecule has 2 aromatic carbocycles. The monoisotopic (exact) mass is 417 g/mol. The average Bonchev–Trinajstić information content (AvgIpc) is 2.72. The topological polar surface area (TPSA) is 88.2 Å². The Bertz CT molecular complexity index is 949. The van der Waals surface area contributed by atoms with E-state index in [2.05, 4.69) is 5.32 Å². The molecule has 1 aliphatic heterocycles. The first-order valence-electron chi connectivity index (χ1n) is 8.81. The number of halogens is 1. The van der Waals surface area contributed by atoms with Gasteiger partial charge in [0.15, 0.2) is 0 Å². The minimum Gasteiger partial charge on any atom is -0.497 e. The van der Waals surface area contributed by atoms with E-state index in [1.54, 1.807) is 42.5 Å². The number of hydrogen-bond acceptors (Lipinski definition) is 5. The van der Waals surface area contributed by atoms with Gasteiger partial charge in [0.25, 0.3) is 0 Å². The van der Waals surface area contributed by atoms with E-state index >= 15 is 0 Å². The van der Waals surface area contributed by atoms with E-state index in [-0.39, 0.29) is 19.6 Å². The smallest absolute Gasteiger partial charge is 0.316 e. The molecule has 0 saturated carbocycles. The van der Waals surface area contributed by atoms with Crippen molar-refractivity contribution in [3.63, 3.8) is 0 Å². The Hall–Kier alpha value is -3.26. The van der Waals surface area contributed by atoms with Crippen molar-refractivity contribution in [3.05, 3.63) is 47.5 Å². The molecule has 1 saturated heterocycles. The summed E-state index contributed by atoms with van der Waals surface area (Å²) in [5.74, 6) is -0.875. The van der Waals surface area contributed by atoms with Crippen molar-refractivity contribution in [2.24, 2.45) is 0 Å². The van der Waals surface area contributed by atoms with Gasteiger partial charge in [0.05, 0.1) is 19.9 Å². The Morgan fingerprint density at radius 2 is 1.86 bits per heavy atom. The summed E-state index contributed by atoms with van der Waals surface area (Å²) >= 11 is 5.96. The van der Waals surface area contributed by atoms with Crippen molar-refractivity contribution in [1.82, 2.24) is 4.90 Å². The normalized spacial score (nSPS) is 14.0. The lowest BCUT2D eigenvalue weighted by Gasteiger charge is -2.33. The highest BCUT2D eigenvalue weighted by Crippen LogP contribution is 2.28. The summed E-state index contributed by atoms with van der Waals surface area (Å²) in [6.07, 6.45) is 0. The van der Waals surface area contributed by atoms with Crippen molar-refractivity contribution < 1.29 is 23.9 Å². The minimum absolute atomic E-state index is 0.224. The maximum absolute atomic E-state index is 12.5. The first-order valence-corrected chi connectivity index (χ1v) is 9.19. The van der Waals surface area contributed by atoms with Crippen LogP contribution >= 0.6 is 11.6 Å². The van der Waals surface area contributed by atoms with Gasteiger partial charge in [-0.25, -0.2) is 0 Å².